The van der Waals surface area contributed by atoms with E-state index in [4.69, 9.17) is 14.2 Å². The lowest BCUT2D eigenvalue weighted by molar-refractivity contribution is -0.167. The van der Waals surface area contributed by atoms with Crippen LogP contribution in [0.3, 0.4) is 0 Å². The van der Waals surface area contributed by atoms with Crippen molar-refractivity contribution >= 4 is 17.9 Å². The topological polar surface area (TPSA) is 78.9 Å². The lowest BCUT2D eigenvalue weighted by Gasteiger charge is -2.18. The van der Waals surface area contributed by atoms with Crippen LogP contribution in [0.1, 0.15) is 252 Å². The number of allylic oxidation sites excluding steroid dienone is 28. The van der Waals surface area contributed by atoms with E-state index in [1.807, 2.05) is 0 Å². The predicted molar refractivity (Wildman–Crippen MR) is 343 cm³/mol. The number of carbonyl (C=O) groups is 3. The van der Waals surface area contributed by atoms with Gasteiger partial charge in [-0.15, -0.1) is 0 Å². The summed E-state index contributed by atoms with van der Waals surface area (Å²) in [5.74, 6) is -0.989. The molecule has 0 rings (SSSR count). The number of ether oxygens (including phenoxy) is 3. The summed E-state index contributed by atoms with van der Waals surface area (Å²) in [6, 6.07) is 0. The van der Waals surface area contributed by atoms with Crippen molar-refractivity contribution in [1.29, 1.82) is 0 Å². The Kier molecular flexibility index (Phi) is 61.0. The van der Waals surface area contributed by atoms with E-state index in [-0.39, 0.29) is 37.5 Å². The second kappa shape index (κ2) is 65.3. The number of unbranched alkanes of at least 4 members (excludes halogenated alkanes) is 16. The van der Waals surface area contributed by atoms with Crippen LogP contribution in [-0.4, -0.2) is 37.2 Å². The van der Waals surface area contributed by atoms with Gasteiger partial charge in [0.25, 0.3) is 0 Å². The Labute approximate surface area is 485 Å². The van der Waals surface area contributed by atoms with Gasteiger partial charge in [0.15, 0.2) is 6.10 Å². The van der Waals surface area contributed by atoms with Crippen molar-refractivity contribution in [2.45, 2.75) is 258 Å². The van der Waals surface area contributed by atoms with Crippen LogP contribution in [0.5, 0.6) is 0 Å². The highest BCUT2D eigenvalue weighted by Gasteiger charge is 2.19. The molecule has 6 nitrogen and oxygen atoms in total. The van der Waals surface area contributed by atoms with Crippen molar-refractivity contribution in [2.75, 3.05) is 13.2 Å². The Bertz CT molecular complexity index is 1820. The van der Waals surface area contributed by atoms with E-state index in [2.05, 4.69) is 191 Å². The van der Waals surface area contributed by atoms with Crippen LogP contribution in [0.15, 0.2) is 170 Å². The minimum absolute atomic E-state index is 0.112. The molecule has 6 heteroatoms. The molecule has 79 heavy (non-hydrogen) atoms. The average Bonchev–Trinajstić information content (AvgIpc) is 3.45. The quantitative estimate of drug-likeness (QED) is 0.0261. The van der Waals surface area contributed by atoms with Crippen molar-refractivity contribution < 1.29 is 28.6 Å². The summed E-state index contributed by atoms with van der Waals surface area (Å²) in [5.41, 5.74) is 0. The summed E-state index contributed by atoms with van der Waals surface area (Å²) in [5, 5.41) is 0. The molecule has 0 saturated heterocycles. The summed E-state index contributed by atoms with van der Waals surface area (Å²) in [4.78, 5) is 38.2. The van der Waals surface area contributed by atoms with Crippen LogP contribution >= 0.6 is 0 Å². The molecular weight excluding hydrogens is 973 g/mol. The summed E-state index contributed by atoms with van der Waals surface area (Å²) < 4.78 is 16.8. The molecule has 0 aliphatic rings. The maximum Gasteiger partial charge on any atom is 0.306 e. The van der Waals surface area contributed by atoms with E-state index in [0.717, 1.165) is 167 Å². The van der Waals surface area contributed by atoms with Gasteiger partial charge in [0.05, 0.1) is 0 Å². The lowest BCUT2D eigenvalue weighted by Crippen LogP contribution is -2.30. The number of rotatable bonds is 55. The molecule has 0 aromatic heterocycles. The molecule has 1 unspecified atom stereocenters. The van der Waals surface area contributed by atoms with Gasteiger partial charge in [-0.3, -0.25) is 14.4 Å². The number of esters is 3. The zero-order valence-electron chi connectivity index (χ0n) is 50.6. The fourth-order valence-corrected chi connectivity index (χ4v) is 8.01. The molecule has 0 aromatic rings. The largest absolute Gasteiger partial charge is 0.462 e. The van der Waals surface area contributed by atoms with Crippen LogP contribution in [-0.2, 0) is 28.6 Å². The van der Waals surface area contributed by atoms with Gasteiger partial charge >= 0.3 is 17.9 Å². The molecule has 0 amide bonds. The van der Waals surface area contributed by atoms with E-state index in [1.54, 1.807) is 0 Å². The van der Waals surface area contributed by atoms with E-state index in [0.29, 0.717) is 19.3 Å². The number of carbonyl (C=O) groups excluding carboxylic acids is 3. The fourth-order valence-electron chi connectivity index (χ4n) is 8.01. The van der Waals surface area contributed by atoms with Crippen molar-refractivity contribution in [1.82, 2.24) is 0 Å². The first kappa shape index (κ1) is 73.8. The van der Waals surface area contributed by atoms with Crippen molar-refractivity contribution in [3.63, 3.8) is 0 Å². The maximum absolute atomic E-state index is 12.9. The van der Waals surface area contributed by atoms with E-state index < -0.39 is 6.10 Å². The van der Waals surface area contributed by atoms with Crippen LogP contribution < -0.4 is 0 Å². The number of hydrogen-bond donors (Lipinski definition) is 0. The van der Waals surface area contributed by atoms with Gasteiger partial charge in [-0.05, 0) is 154 Å². The molecule has 0 bridgehead atoms. The summed E-state index contributed by atoms with van der Waals surface area (Å²) in [7, 11) is 0. The molecule has 0 radical (unpaired) electrons. The van der Waals surface area contributed by atoms with Gasteiger partial charge in [0, 0.05) is 19.3 Å². The third kappa shape index (κ3) is 63.5. The summed E-state index contributed by atoms with van der Waals surface area (Å²) >= 11 is 0. The molecule has 442 valence electrons. The molecule has 0 aliphatic heterocycles. The smallest absolute Gasteiger partial charge is 0.306 e. The Morgan fingerprint density at radius 3 is 0.810 bits per heavy atom. The van der Waals surface area contributed by atoms with E-state index in [9.17, 15) is 14.4 Å². The monoisotopic (exact) mass is 1090 g/mol. The van der Waals surface area contributed by atoms with Crippen LogP contribution in [0.4, 0.5) is 0 Å². The maximum atomic E-state index is 12.9. The van der Waals surface area contributed by atoms with E-state index in [1.165, 1.54) is 38.5 Å². The average molecular weight is 1090 g/mol. The predicted octanol–water partition coefficient (Wildman–Crippen LogP) is 21.9. The van der Waals surface area contributed by atoms with Gasteiger partial charge in [0.1, 0.15) is 13.2 Å². The molecule has 0 fully saturated rings. The molecular formula is C73H114O6. The SMILES string of the molecule is CC/C=C\C/C=C\C/C=C\C/C=C\C/C=C\C/C=C\C/C=C\C/C=C\C/C=C\CCCCCCCC(=O)OCC(COC(=O)CCCCCCC/C=C\CCCCCC)OC(=O)CCCC/C=C\C/C=C\C/C=C\C/C=C\CC. The number of hydrogen-bond acceptors (Lipinski definition) is 6. The Morgan fingerprint density at radius 1 is 0.266 bits per heavy atom. The highest BCUT2D eigenvalue weighted by molar-refractivity contribution is 5.71. The highest BCUT2D eigenvalue weighted by Crippen LogP contribution is 2.13. The van der Waals surface area contributed by atoms with Gasteiger partial charge in [-0.25, -0.2) is 0 Å². The standard InChI is InChI=1S/C73H114O6/c1-4-7-10-13-16-19-22-25-27-28-29-30-31-32-33-34-35-36-37-38-39-40-41-42-43-44-46-48-51-54-57-60-63-66-72(75)78-69-70(68-77-71(74)65-62-59-56-53-50-47-24-21-18-15-12-9-6-3)79-73(76)67-64-61-58-55-52-49-45-26-23-20-17-14-11-8-5-2/h7-8,10-11,16-17,19-21,24-27,29-30,32-33,35-36,38-39,41-42,44-46,52,55,70H,4-6,9,12-15,18,22-23,28,31,34,37,40,43,47-51,53-54,56-69H2,1-3H3/b10-7-,11-8-,19-16-,20-17-,24-21-,27-25-,30-29-,33-32-,36-35-,39-38-,42-41-,45-26-,46-44-,55-52-. The second-order valence-electron chi connectivity index (χ2n) is 20.2. The lowest BCUT2D eigenvalue weighted by atomic mass is 10.1. The van der Waals surface area contributed by atoms with Crippen LogP contribution in [0, 0.1) is 0 Å². The third-order valence-corrected chi connectivity index (χ3v) is 12.7. The molecule has 0 heterocycles. The minimum Gasteiger partial charge on any atom is -0.462 e. The molecule has 0 saturated carbocycles. The minimum atomic E-state index is -0.820. The second-order valence-corrected chi connectivity index (χ2v) is 20.2. The van der Waals surface area contributed by atoms with Gasteiger partial charge in [0.2, 0.25) is 0 Å². The Balaban J connectivity index is 4.38. The highest BCUT2D eigenvalue weighted by atomic mass is 16.6. The Hall–Kier alpha value is -5.23. The van der Waals surface area contributed by atoms with Crippen LogP contribution in [0.25, 0.3) is 0 Å². The summed E-state index contributed by atoms with van der Waals surface area (Å²) in [6.07, 6.45) is 96.5. The first-order valence-corrected chi connectivity index (χ1v) is 31.6. The first-order valence-electron chi connectivity index (χ1n) is 31.6. The van der Waals surface area contributed by atoms with Crippen molar-refractivity contribution in [3.8, 4) is 0 Å². The van der Waals surface area contributed by atoms with Gasteiger partial charge < -0.3 is 14.2 Å². The molecule has 0 spiro atoms. The van der Waals surface area contributed by atoms with Crippen molar-refractivity contribution in [2.24, 2.45) is 0 Å². The molecule has 0 aliphatic carbocycles. The normalized spacial score (nSPS) is 13.3. The third-order valence-electron chi connectivity index (χ3n) is 12.7. The summed E-state index contributed by atoms with van der Waals surface area (Å²) in [6.45, 7) is 6.32. The Morgan fingerprint density at radius 2 is 0.494 bits per heavy atom. The first-order chi connectivity index (χ1) is 39.0. The molecule has 0 aromatic carbocycles. The molecule has 0 N–H and O–H groups in total. The van der Waals surface area contributed by atoms with Gasteiger partial charge in [-0.1, -0.05) is 249 Å². The van der Waals surface area contributed by atoms with Crippen LogP contribution in [0.2, 0.25) is 0 Å². The van der Waals surface area contributed by atoms with E-state index >= 15 is 0 Å². The zero-order valence-corrected chi connectivity index (χ0v) is 50.6. The van der Waals surface area contributed by atoms with Gasteiger partial charge in [-0.2, -0.15) is 0 Å². The fraction of sp³-hybridized carbons (Fsp3) is 0.575. The zero-order chi connectivity index (χ0) is 57.1. The van der Waals surface area contributed by atoms with Crippen molar-refractivity contribution in [3.05, 3.63) is 170 Å². The molecule has 1 atom stereocenters.